The van der Waals surface area contributed by atoms with Crippen molar-refractivity contribution >= 4 is 30.0 Å². The number of alkyl carbamates (subject to hydrolysis) is 1. The molecule has 41 heavy (non-hydrogen) atoms. The lowest BCUT2D eigenvalue weighted by molar-refractivity contribution is -0.146. The maximum atomic E-state index is 14.4. The first-order chi connectivity index (χ1) is 19.3. The van der Waals surface area contributed by atoms with Gasteiger partial charge in [0.1, 0.15) is 30.0 Å². The number of carbonyl (C=O) groups excluding carboxylic acids is 4. The van der Waals surface area contributed by atoms with Crippen LogP contribution in [-0.2, 0) is 30.3 Å². The molecule has 10 nitrogen and oxygen atoms in total. The summed E-state index contributed by atoms with van der Waals surface area (Å²) >= 11 is 0. The van der Waals surface area contributed by atoms with Crippen LogP contribution in [0, 0.1) is 0 Å². The highest BCUT2D eigenvalue weighted by Gasteiger charge is 2.38. The minimum absolute atomic E-state index is 0.0578. The molecular weight excluding hydrogens is 526 g/mol. The third kappa shape index (κ3) is 9.97. The molecule has 2 aromatic carbocycles. The van der Waals surface area contributed by atoms with E-state index < -0.39 is 47.6 Å². The third-order valence-electron chi connectivity index (χ3n) is 6.31. The Morgan fingerprint density at radius 3 is 2.32 bits per heavy atom. The number of ether oxygens (including phenoxy) is 2. The van der Waals surface area contributed by atoms with Crippen LogP contribution < -0.4 is 10.6 Å². The zero-order valence-electron chi connectivity index (χ0n) is 24.6. The summed E-state index contributed by atoms with van der Waals surface area (Å²) in [4.78, 5) is 54.2. The molecule has 2 aromatic rings. The zero-order valence-corrected chi connectivity index (χ0v) is 24.6. The van der Waals surface area contributed by atoms with E-state index >= 15 is 0 Å². The van der Waals surface area contributed by atoms with Gasteiger partial charge in [-0.15, -0.1) is 0 Å². The van der Waals surface area contributed by atoms with Crippen molar-refractivity contribution in [2.75, 3.05) is 13.7 Å². The molecule has 0 aliphatic rings. The molecular formula is C31H41N3O7. The molecule has 0 saturated heterocycles. The average Bonchev–Trinajstić information content (AvgIpc) is 2.93. The van der Waals surface area contributed by atoms with Gasteiger partial charge < -0.3 is 30.1 Å². The molecule has 0 heterocycles. The number of nitrogens with one attached hydrogen (secondary N) is 2. The van der Waals surface area contributed by atoms with E-state index in [0.29, 0.717) is 17.5 Å². The minimum Gasteiger partial charge on any atom is -0.508 e. The van der Waals surface area contributed by atoms with Crippen molar-refractivity contribution in [2.45, 2.75) is 71.2 Å². The van der Waals surface area contributed by atoms with Crippen molar-refractivity contribution in [3.05, 3.63) is 71.8 Å². The Labute approximate surface area is 241 Å². The van der Waals surface area contributed by atoms with Crippen LogP contribution in [-0.4, -0.2) is 65.2 Å². The molecule has 222 valence electrons. The van der Waals surface area contributed by atoms with Gasteiger partial charge in [-0.2, -0.15) is 0 Å². The maximum Gasteiger partial charge on any atom is 0.408 e. The van der Waals surface area contributed by atoms with Crippen molar-refractivity contribution in [2.24, 2.45) is 0 Å². The monoisotopic (exact) mass is 567 g/mol. The van der Waals surface area contributed by atoms with Crippen molar-refractivity contribution in [3.8, 4) is 5.75 Å². The maximum absolute atomic E-state index is 14.4. The normalized spacial score (nSPS) is 13.2. The predicted octanol–water partition coefficient (Wildman–Crippen LogP) is 4.13. The summed E-state index contributed by atoms with van der Waals surface area (Å²) in [6.45, 7) is 12.2. The lowest BCUT2D eigenvalue weighted by Gasteiger charge is -2.38. The number of amides is 3. The molecule has 3 atom stereocenters. The fourth-order valence-electron chi connectivity index (χ4n) is 4.12. The highest BCUT2D eigenvalue weighted by atomic mass is 16.6. The summed E-state index contributed by atoms with van der Waals surface area (Å²) in [6, 6.07) is 10.6. The quantitative estimate of drug-likeness (QED) is 0.328. The van der Waals surface area contributed by atoms with E-state index in [1.165, 1.54) is 24.1 Å². The molecule has 0 radical (unpaired) electrons. The number of benzene rings is 2. The van der Waals surface area contributed by atoms with Crippen molar-refractivity contribution in [3.63, 3.8) is 0 Å². The second-order valence-corrected chi connectivity index (χ2v) is 10.6. The summed E-state index contributed by atoms with van der Waals surface area (Å²) in [5, 5.41) is 15.0. The average molecular weight is 568 g/mol. The van der Waals surface area contributed by atoms with Crippen LogP contribution in [0.5, 0.6) is 5.75 Å². The first-order valence-electron chi connectivity index (χ1n) is 13.5. The fraction of sp³-hybridized carbons (Fsp3) is 0.419. The van der Waals surface area contributed by atoms with Crippen LogP contribution in [0.2, 0.25) is 0 Å². The van der Waals surface area contributed by atoms with E-state index in [9.17, 15) is 24.3 Å². The van der Waals surface area contributed by atoms with Crippen LogP contribution in [0.1, 0.15) is 63.8 Å². The number of rotatable bonds is 12. The van der Waals surface area contributed by atoms with Crippen LogP contribution in [0.15, 0.2) is 55.1 Å². The Morgan fingerprint density at radius 2 is 1.76 bits per heavy atom. The number of nitrogens with zero attached hydrogens (tertiary/aromatic N) is 1. The van der Waals surface area contributed by atoms with Crippen molar-refractivity contribution in [1.82, 2.24) is 15.5 Å². The number of carbonyl (C=O) groups is 4. The van der Waals surface area contributed by atoms with Crippen molar-refractivity contribution < 1.29 is 33.8 Å². The highest BCUT2D eigenvalue weighted by Crippen LogP contribution is 2.28. The molecule has 0 spiro atoms. The lowest BCUT2D eigenvalue weighted by Crippen LogP contribution is -2.56. The van der Waals surface area contributed by atoms with Crippen LogP contribution in [0.4, 0.5) is 4.79 Å². The first-order valence-corrected chi connectivity index (χ1v) is 13.5. The molecule has 0 saturated carbocycles. The van der Waals surface area contributed by atoms with Crippen LogP contribution in [0.25, 0.3) is 6.08 Å². The van der Waals surface area contributed by atoms with E-state index in [4.69, 9.17) is 4.74 Å². The van der Waals surface area contributed by atoms with Gasteiger partial charge >= 0.3 is 12.1 Å². The molecule has 3 unspecified atom stereocenters. The highest BCUT2D eigenvalue weighted by molar-refractivity contribution is 5.93. The summed E-state index contributed by atoms with van der Waals surface area (Å²) in [5.74, 6) is -1.70. The molecule has 3 N–H and O–H groups in total. The smallest absolute Gasteiger partial charge is 0.408 e. The Bertz CT molecular complexity index is 1220. The molecule has 0 bridgehead atoms. The Kier molecular flexibility index (Phi) is 11.9. The van der Waals surface area contributed by atoms with Gasteiger partial charge in [0, 0.05) is 12.5 Å². The number of aromatic hydroxyl groups is 1. The number of hydrogen-bond acceptors (Lipinski definition) is 7. The molecule has 0 aliphatic carbocycles. The summed E-state index contributed by atoms with van der Waals surface area (Å²) in [5.41, 5.74) is 1.09. The lowest BCUT2D eigenvalue weighted by atomic mass is 9.96. The summed E-state index contributed by atoms with van der Waals surface area (Å²) < 4.78 is 10.1. The number of phenolic OH excluding ortho intramolecular Hbond substituents is 1. The van der Waals surface area contributed by atoms with E-state index in [1.807, 2.05) is 13.0 Å². The SMILES string of the molecule is C=Cc1cccc(C(C(=O)NCC(=O)OC)N(C(=O)C(Cc2ccc(O)cc2)NC(=O)OC(C)(C)C)C(C)CC)c1. The Hall–Kier alpha value is -4.34. The summed E-state index contributed by atoms with van der Waals surface area (Å²) in [7, 11) is 1.21. The van der Waals surface area contributed by atoms with E-state index in [0.717, 1.165) is 5.56 Å². The summed E-state index contributed by atoms with van der Waals surface area (Å²) in [6.07, 6.45) is 1.39. The first kappa shape index (κ1) is 32.9. The molecule has 2 rings (SSSR count). The van der Waals surface area contributed by atoms with Gasteiger partial charge in [0.05, 0.1) is 7.11 Å². The molecule has 10 heteroatoms. The standard InChI is InChI=1S/C31H41N3O7/c1-8-20(3)34(27(28(37)32-19-26(36)40-7)23-12-10-11-21(9-2)17-23)29(38)25(33-30(39)41-31(4,5)6)18-22-13-15-24(35)16-14-22/h9-17,20,25,27,35H,2,8,18-19H2,1,3-7H3,(H,32,37)(H,33,39). The fourth-order valence-corrected chi connectivity index (χ4v) is 4.12. The molecule has 3 amide bonds. The second-order valence-electron chi connectivity index (χ2n) is 10.6. The molecule has 0 aliphatic heterocycles. The van der Waals surface area contributed by atoms with Gasteiger partial charge in [-0.25, -0.2) is 4.79 Å². The van der Waals surface area contributed by atoms with Gasteiger partial charge in [-0.05, 0) is 69.0 Å². The topological polar surface area (TPSA) is 134 Å². The van der Waals surface area contributed by atoms with Crippen LogP contribution >= 0.6 is 0 Å². The minimum atomic E-state index is -1.15. The number of esters is 1. The van der Waals surface area contributed by atoms with Crippen molar-refractivity contribution in [1.29, 1.82) is 0 Å². The van der Waals surface area contributed by atoms with E-state index in [-0.39, 0.29) is 18.7 Å². The van der Waals surface area contributed by atoms with E-state index in [2.05, 4.69) is 21.9 Å². The number of phenols is 1. The Morgan fingerprint density at radius 1 is 1.10 bits per heavy atom. The number of hydrogen-bond donors (Lipinski definition) is 3. The molecule has 0 aromatic heterocycles. The second kappa shape index (κ2) is 14.9. The number of methoxy groups -OCH3 is 1. The van der Waals surface area contributed by atoms with Gasteiger partial charge in [0.15, 0.2) is 0 Å². The van der Waals surface area contributed by atoms with Gasteiger partial charge in [-0.1, -0.05) is 49.9 Å². The van der Waals surface area contributed by atoms with Gasteiger partial charge in [0.2, 0.25) is 11.8 Å². The van der Waals surface area contributed by atoms with Crippen LogP contribution in [0.3, 0.4) is 0 Å². The Balaban J connectivity index is 2.61. The molecule has 0 fully saturated rings. The third-order valence-corrected chi connectivity index (χ3v) is 6.31. The van der Waals surface area contributed by atoms with Gasteiger partial charge in [0.25, 0.3) is 0 Å². The largest absolute Gasteiger partial charge is 0.508 e. The zero-order chi connectivity index (χ0) is 30.7. The van der Waals surface area contributed by atoms with Gasteiger partial charge in [-0.3, -0.25) is 14.4 Å². The predicted molar refractivity (Wildman–Crippen MR) is 156 cm³/mol. The van der Waals surface area contributed by atoms with E-state index in [1.54, 1.807) is 64.1 Å².